The van der Waals surface area contributed by atoms with Gasteiger partial charge in [-0.1, -0.05) is 37.6 Å². The zero-order valence-electron chi connectivity index (χ0n) is 19.6. The molecule has 0 saturated heterocycles. The maximum atomic E-state index is 13.9. The van der Waals surface area contributed by atoms with Gasteiger partial charge in [-0.25, -0.2) is 4.98 Å². The van der Waals surface area contributed by atoms with E-state index in [1.54, 1.807) is 23.0 Å². The molecule has 3 aromatic rings. The lowest BCUT2D eigenvalue weighted by molar-refractivity contribution is -0.119. The van der Waals surface area contributed by atoms with Crippen LogP contribution in [-0.4, -0.2) is 52.4 Å². The smallest absolute Gasteiger partial charge is 0.267 e. The normalized spacial score (nSPS) is 16.6. The van der Waals surface area contributed by atoms with Crippen LogP contribution in [0.5, 0.6) is 5.75 Å². The van der Waals surface area contributed by atoms with Gasteiger partial charge in [0.2, 0.25) is 5.91 Å². The number of hydrogen-bond donors (Lipinski definition) is 1. The van der Waals surface area contributed by atoms with E-state index >= 15 is 0 Å². The van der Waals surface area contributed by atoms with Crippen molar-refractivity contribution in [2.75, 3.05) is 26.0 Å². The number of aromatic nitrogens is 2. The van der Waals surface area contributed by atoms with Gasteiger partial charge in [0.15, 0.2) is 5.16 Å². The highest BCUT2D eigenvalue weighted by Gasteiger charge is 2.26. The standard InChI is InChI=1S/C25H30N4O3S2/c1-3-28-12-11-19-20(14-28)34-23-22(19)24(31)29(17-9-6-10-18(13-17)32-2)25(27-23)33-15-21(30)26-16-7-4-5-8-16/h6,9-10,13,16H,3-5,7-8,11-12,14-15H2,1-2H3,(H,26,30). The van der Waals surface area contributed by atoms with Gasteiger partial charge in [0.25, 0.3) is 5.56 Å². The molecule has 1 amide bonds. The second-order valence-electron chi connectivity index (χ2n) is 8.88. The lowest BCUT2D eigenvalue weighted by atomic mass is 10.1. The first-order chi connectivity index (χ1) is 16.6. The number of rotatable bonds is 7. The number of benzene rings is 1. The third kappa shape index (κ3) is 4.61. The summed E-state index contributed by atoms with van der Waals surface area (Å²) in [5.41, 5.74) is 1.76. The minimum atomic E-state index is -0.0700. The molecular weight excluding hydrogens is 468 g/mol. The largest absolute Gasteiger partial charge is 0.497 e. The number of amides is 1. The molecular formula is C25H30N4O3S2. The molecule has 3 heterocycles. The lowest BCUT2D eigenvalue weighted by Gasteiger charge is -2.25. The molecule has 34 heavy (non-hydrogen) atoms. The summed E-state index contributed by atoms with van der Waals surface area (Å²) in [6.45, 7) is 4.97. The zero-order chi connectivity index (χ0) is 23.7. The monoisotopic (exact) mass is 498 g/mol. The number of ether oxygens (including phenoxy) is 1. The number of methoxy groups -OCH3 is 1. The molecule has 1 saturated carbocycles. The Labute approximate surface area is 207 Å². The summed E-state index contributed by atoms with van der Waals surface area (Å²) in [6.07, 6.45) is 5.29. The minimum absolute atomic E-state index is 0.00694. The third-order valence-electron chi connectivity index (χ3n) is 6.73. The van der Waals surface area contributed by atoms with Gasteiger partial charge >= 0.3 is 0 Å². The first-order valence-corrected chi connectivity index (χ1v) is 13.7. The van der Waals surface area contributed by atoms with E-state index in [1.807, 2.05) is 24.3 Å². The predicted molar refractivity (Wildman–Crippen MR) is 138 cm³/mol. The SMILES string of the molecule is CCN1CCc2c(sc3nc(SCC(=O)NC4CCCC4)n(-c4cccc(OC)c4)c(=O)c23)C1. The molecule has 0 unspecified atom stereocenters. The molecule has 2 aliphatic rings. The summed E-state index contributed by atoms with van der Waals surface area (Å²) in [7, 11) is 1.61. The van der Waals surface area contributed by atoms with E-state index in [0.717, 1.165) is 54.7 Å². The van der Waals surface area contributed by atoms with Crippen LogP contribution in [0.3, 0.4) is 0 Å². The summed E-state index contributed by atoms with van der Waals surface area (Å²) < 4.78 is 7.06. The molecule has 1 fully saturated rings. The molecule has 5 rings (SSSR count). The number of hydrogen-bond acceptors (Lipinski definition) is 7. The van der Waals surface area contributed by atoms with Crippen molar-refractivity contribution in [1.82, 2.24) is 19.8 Å². The fourth-order valence-corrected chi connectivity index (χ4v) is 7.02. The number of carbonyl (C=O) groups is 1. The average molecular weight is 499 g/mol. The second-order valence-corrected chi connectivity index (χ2v) is 10.9. The van der Waals surface area contributed by atoms with Crippen molar-refractivity contribution in [3.05, 3.63) is 45.1 Å². The summed E-state index contributed by atoms with van der Waals surface area (Å²) >= 11 is 2.94. The van der Waals surface area contributed by atoms with Gasteiger partial charge in [0.1, 0.15) is 10.6 Å². The quantitative estimate of drug-likeness (QED) is 0.392. The van der Waals surface area contributed by atoms with Gasteiger partial charge in [-0.15, -0.1) is 11.3 Å². The second kappa shape index (κ2) is 10.1. The number of nitrogens with one attached hydrogen (secondary N) is 1. The Hall–Kier alpha value is -2.36. The molecule has 1 aliphatic carbocycles. The van der Waals surface area contributed by atoms with E-state index in [9.17, 15) is 9.59 Å². The van der Waals surface area contributed by atoms with Crippen LogP contribution in [0.4, 0.5) is 0 Å². The summed E-state index contributed by atoms with van der Waals surface area (Å²) in [6, 6.07) is 7.73. The van der Waals surface area contributed by atoms with E-state index in [2.05, 4.69) is 17.1 Å². The first-order valence-electron chi connectivity index (χ1n) is 11.9. The van der Waals surface area contributed by atoms with Crippen molar-refractivity contribution in [3.8, 4) is 11.4 Å². The Morgan fingerprint density at radius 3 is 2.91 bits per heavy atom. The van der Waals surface area contributed by atoms with Gasteiger partial charge < -0.3 is 10.1 Å². The van der Waals surface area contributed by atoms with Gasteiger partial charge in [0, 0.05) is 30.1 Å². The van der Waals surface area contributed by atoms with Crippen molar-refractivity contribution in [1.29, 1.82) is 0 Å². The highest BCUT2D eigenvalue weighted by molar-refractivity contribution is 7.99. The van der Waals surface area contributed by atoms with Crippen molar-refractivity contribution < 1.29 is 9.53 Å². The summed E-state index contributed by atoms with van der Waals surface area (Å²) in [5.74, 6) is 0.894. The third-order valence-corrected chi connectivity index (χ3v) is 8.78. The Morgan fingerprint density at radius 1 is 1.32 bits per heavy atom. The maximum absolute atomic E-state index is 13.9. The molecule has 180 valence electrons. The van der Waals surface area contributed by atoms with Gasteiger partial charge in [-0.2, -0.15) is 0 Å². The highest BCUT2D eigenvalue weighted by Crippen LogP contribution is 2.34. The molecule has 0 atom stereocenters. The van der Waals surface area contributed by atoms with Crippen LogP contribution in [0.15, 0.2) is 34.2 Å². The van der Waals surface area contributed by atoms with Crippen LogP contribution < -0.4 is 15.6 Å². The molecule has 0 radical (unpaired) electrons. The maximum Gasteiger partial charge on any atom is 0.267 e. The average Bonchev–Trinajstić information content (AvgIpc) is 3.49. The molecule has 1 aliphatic heterocycles. The lowest BCUT2D eigenvalue weighted by Crippen LogP contribution is -2.34. The zero-order valence-corrected chi connectivity index (χ0v) is 21.3. The number of nitrogens with zero attached hydrogens (tertiary/aromatic N) is 3. The van der Waals surface area contributed by atoms with E-state index < -0.39 is 0 Å². The van der Waals surface area contributed by atoms with Crippen LogP contribution in [0.25, 0.3) is 15.9 Å². The van der Waals surface area contributed by atoms with Crippen LogP contribution in [0, 0.1) is 0 Å². The van der Waals surface area contributed by atoms with Crippen LogP contribution >= 0.6 is 23.1 Å². The minimum Gasteiger partial charge on any atom is -0.497 e. The Kier molecular flexibility index (Phi) is 6.94. The molecule has 9 heteroatoms. The van der Waals surface area contributed by atoms with Crippen molar-refractivity contribution in [2.24, 2.45) is 0 Å². The van der Waals surface area contributed by atoms with E-state index in [0.29, 0.717) is 16.6 Å². The van der Waals surface area contributed by atoms with Gasteiger partial charge in [-0.05, 0) is 43.5 Å². The van der Waals surface area contributed by atoms with Crippen molar-refractivity contribution >= 4 is 39.2 Å². The van der Waals surface area contributed by atoms with Gasteiger partial charge in [0.05, 0.1) is 23.9 Å². The number of carbonyl (C=O) groups excluding carboxylic acids is 1. The Morgan fingerprint density at radius 2 is 2.15 bits per heavy atom. The number of likely N-dealkylation sites (N-methyl/N-ethyl adjacent to an activating group) is 1. The predicted octanol–water partition coefficient (Wildman–Crippen LogP) is 3.98. The van der Waals surface area contributed by atoms with Crippen LogP contribution in [0.1, 0.15) is 43.0 Å². The van der Waals surface area contributed by atoms with Crippen molar-refractivity contribution in [3.63, 3.8) is 0 Å². The summed E-state index contributed by atoms with van der Waals surface area (Å²) in [4.78, 5) is 35.9. The first kappa shape index (κ1) is 23.4. The molecule has 2 aromatic heterocycles. The number of thiophene rings is 1. The molecule has 0 spiro atoms. The summed E-state index contributed by atoms with van der Waals surface area (Å²) in [5, 5.41) is 4.39. The topological polar surface area (TPSA) is 76.5 Å². The highest BCUT2D eigenvalue weighted by atomic mass is 32.2. The fourth-order valence-electron chi connectivity index (χ4n) is 4.89. The Balaban J connectivity index is 1.55. The molecule has 1 N–H and O–H groups in total. The fraction of sp³-hybridized carbons (Fsp3) is 0.480. The van der Waals surface area contributed by atoms with Crippen molar-refractivity contribution in [2.45, 2.75) is 56.8 Å². The molecule has 0 bridgehead atoms. The van der Waals surface area contributed by atoms with Crippen LogP contribution in [0.2, 0.25) is 0 Å². The molecule has 7 nitrogen and oxygen atoms in total. The number of fused-ring (bicyclic) bond motifs is 3. The molecule has 1 aromatic carbocycles. The van der Waals surface area contributed by atoms with Gasteiger partial charge in [-0.3, -0.25) is 19.1 Å². The Bertz CT molecular complexity index is 1260. The van der Waals surface area contributed by atoms with E-state index in [-0.39, 0.29) is 23.3 Å². The van der Waals surface area contributed by atoms with E-state index in [4.69, 9.17) is 9.72 Å². The number of thioether (sulfide) groups is 1. The van der Waals surface area contributed by atoms with Crippen LogP contribution in [-0.2, 0) is 17.8 Å². The van der Waals surface area contributed by atoms with E-state index in [1.165, 1.54) is 29.5 Å².